The number of hydrogen-bond acceptors (Lipinski definition) is 10. The van der Waals surface area contributed by atoms with Gasteiger partial charge in [-0.2, -0.15) is 0 Å². The average Bonchev–Trinajstić information content (AvgIpc) is 3.04. The van der Waals surface area contributed by atoms with Gasteiger partial charge in [0.2, 0.25) is 20.0 Å². The summed E-state index contributed by atoms with van der Waals surface area (Å²) in [6.07, 6.45) is 3.18. The van der Waals surface area contributed by atoms with E-state index in [4.69, 9.17) is 10.3 Å². The van der Waals surface area contributed by atoms with Crippen molar-refractivity contribution in [3.8, 4) is 11.5 Å². The first-order valence-corrected chi connectivity index (χ1v) is 16.8. The number of nitrogens with one attached hydrogen (secondary N) is 2. The summed E-state index contributed by atoms with van der Waals surface area (Å²) in [5, 5.41) is 41.7. The molecule has 6 aromatic rings. The van der Waals surface area contributed by atoms with Crippen molar-refractivity contribution in [3.05, 3.63) is 121 Å². The predicted octanol–water partition coefficient (Wildman–Crippen LogP) is 3.13. The van der Waals surface area contributed by atoms with E-state index in [-0.39, 0.29) is 38.1 Å². The molecule has 0 saturated carbocycles. The molecule has 0 bridgehead atoms. The minimum atomic E-state index is -3.69. The topological polar surface area (TPSA) is 216 Å². The van der Waals surface area contributed by atoms with E-state index in [1.54, 1.807) is 60.9 Å². The zero-order valence-corrected chi connectivity index (χ0v) is 27.1. The van der Waals surface area contributed by atoms with Gasteiger partial charge in [0.1, 0.15) is 0 Å². The summed E-state index contributed by atoms with van der Waals surface area (Å²) in [5.74, 6) is -0.219. The third kappa shape index (κ3) is 8.73. The van der Waals surface area contributed by atoms with E-state index >= 15 is 0 Å². The van der Waals surface area contributed by atoms with Crippen LogP contribution in [0.1, 0.15) is 11.1 Å². The fraction of sp³-hybridized carbons (Fsp3) is 0.0625. The van der Waals surface area contributed by atoms with Gasteiger partial charge in [0, 0.05) is 47.6 Å². The van der Waals surface area contributed by atoms with Crippen LogP contribution in [0.2, 0.25) is 0 Å². The Kier molecular flexibility index (Phi) is 11.0. The zero-order valence-electron chi connectivity index (χ0n) is 24.5. The number of benzene rings is 4. The van der Waals surface area contributed by atoms with Gasteiger partial charge in [-0.1, -0.05) is 47.9 Å². The van der Waals surface area contributed by atoms with Gasteiger partial charge >= 0.3 is 16.8 Å². The van der Waals surface area contributed by atoms with Crippen LogP contribution >= 0.6 is 0 Å². The smallest absolute Gasteiger partial charge is 0.871 e. The fourth-order valence-corrected chi connectivity index (χ4v) is 5.67. The molecule has 0 atom stereocenters. The van der Waals surface area contributed by atoms with Crippen LogP contribution in [0.3, 0.4) is 0 Å². The Morgan fingerprint density at radius 3 is 1.26 bits per heavy atom. The van der Waals surface area contributed by atoms with Crippen molar-refractivity contribution >= 4 is 53.2 Å². The van der Waals surface area contributed by atoms with Crippen molar-refractivity contribution in [2.75, 3.05) is 10.6 Å². The summed E-state index contributed by atoms with van der Waals surface area (Å²) in [7, 11) is -7.38. The summed E-state index contributed by atoms with van der Waals surface area (Å²) < 4.78 is 44.9. The Bertz CT molecular complexity index is 2080. The number of nitrogens with zero attached hydrogens (tertiary/aromatic N) is 2. The number of primary sulfonamides is 2. The predicted molar refractivity (Wildman–Crippen MR) is 173 cm³/mol. The monoisotopic (exact) mass is 715 g/mol. The molecule has 1 radical (unpaired) electrons. The van der Waals surface area contributed by atoms with E-state index in [9.17, 15) is 27.0 Å². The number of sulfonamides is 2. The van der Waals surface area contributed by atoms with Gasteiger partial charge in [0.25, 0.3) is 0 Å². The van der Waals surface area contributed by atoms with E-state index in [1.165, 1.54) is 36.4 Å². The number of pyridine rings is 2. The Morgan fingerprint density at radius 2 is 0.915 bits per heavy atom. The van der Waals surface area contributed by atoms with Crippen LogP contribution in [0, 0.1) is 0 Å². The van der Waals surface area contributed by atoms with Gasteiger partial charge in [-0.25, -0.2) is 27.1 Å². The average molecular weight is 716 g/mol. The maximum atomic E-state index is 11.8. The second-order valence-corrected chi connectivity index (χ2v) is 13.2. The normalized spacial score (nSPS) is 11.3. The van der Waals surface area contributed by atoms with Gasteiger partial charge < -0.3 is 20.8 Å². The maximum Gasteiger partial charge on any atom is 2.00 e. The van der Waals surface area contributed by atoms with Crippen molar-refractivity contribution < 1.29 is 43.8 Å². The maximum absolute atomic E-state index is 11.8. The Labute approximate surface area is 281 Å². The molecule has 0 spiro atoms. The van der Waals surface area contributed by atoms with Crippen molar-refractivity contribution in [3.63, 3.8) is 0 Å². The molecule has 12 nitrogen and oxygen atoms in total. The second-order valence-electron chi connectivity index (χ2n) is 10.1. The molecule has 15 heteroatoms. The minimum absolute atomic E-state index is 0. The van der Waals surface area contributed by atoms with E-state index in [2.05, 4.69) is 20.6 Å². The summed E-state index contributed by atoms with van der Waals surface area (Å²) in [5.41, 5.74) is 4.25. The molecule has 0 saturated heterocycles. The van der Waals surface area contributed by atoms with Gasteiger partial charge in [0.05, 0.1) is 20.8 Å². The van der Waals surface area contributed by atoms with E-state index in [0.29, 0.717) is 24.1 Å². The van der Waals surface area contributed by atoms with E-state index in [0.717, 1.165) is 33.3 Å². The molecular weight excluding hydrogens is 687 g/mol. The van der Waals surface area contributed by atoms with Crippen molar-refractivity contribution in [1.82, 2.24) is 9.97 Å². The molecule has 0 aliphatic carbocycles. The molecule has 6 rings (SSSR count). The summed E-state index contributed by atoms with van der Waals surface area (Å²) in [6.45, 7) is 0.967. The molecule has 243 valence electrons. The number of rotatable bonds is 8. The van der Waals surface area contributed by atoms with E-state index in [1.807, 2.05) is 12.1 Å². The van der Waals surface area contributed by atoms with Crippen LogP contribution in [0.4, 0.5) is 11.4 Å². The SMILES string of the molecule is NS(=O)(=O)c1ccc(NCc2ccc([O-])c3ncccc23)cc1.NS(=O)(=O)c1ccc(NCc2ccc([O-])c3ncccc23)cc1.[Co+2]. The van der Waals surface area contributed by atoms with Crippen molar-refractivity contribution in [2.24, 2.45) is 10.3 Å². The molecule has 6 N–H and O–H groups in total. The van der Waals surface area contributed by atoms with Crippen LogP contribution < -0.4 is 31.1 Å². The molecule has 0 amide bonds. The standard InChI is InChI=1S/2C16H15N3O3S.Co/c2*17-23(21,22)13-6-4-12(5-7-13)19-10-11-3-8-15(20)16-14(11)2-1-9-18-16;/h2*1-9,19-20H,10H2,(H2,17,21,22);/q;;+2/p-2. The second kappa shape index (κ2) is 14.8. The first-order chi connectivity index (χ1) is 21.9. The number of hydrogen-bond donors (Lipinski definition) is 4. The van der Waals surface area contributed by atoms with Crippen LogP contribution in [-0.4, -0.2) is 26.8 Å². The number of fused-ring (bicyclic) bond motifs is 2. The molecule has 0 fully saturated rings. The summed E-state index contributed by atoms with van der Waals surface area (Å²) in [6, 6.07) is 26.1. The molecule has 0 unspecified atom stereocenters. The van der Waals surface area contributed by atoms with Gasteiger partial charge in [-0.05, 0) is 71.8 Å². The molecule has 4 aromatic carbocycles. The number of nitrogens with two attached hydrogens (primary N) is 2. The van der Waals surface area contributed by atoms with Crippen LogP contribution in [0.25, 0.3) is 21.8 Å². The number of aromatic nitrogens is 2. The molecular formula is C32H28CoN6O6S2. The Balaban J connectivity index is 0.000000208. The van der Waals surface area contributed by atoms with Crippen molar-refractivity contribution in [2.45, 2.75) is 22.9 Å². The molecule has 2 heterocycles. The third-order valence-electron chi connectivity index (χ3n) is 6.98. The Hall–Kier alpha value is -4.77. The van der Waals surface area contributed by atoms with Gasteiger partial charge in [0.15, 0.2) is 0 Å². The first kappa shape index (κ1) is 35.1. The zero-order chi connectivity index (χ0) is 32.9. The van der Waals surface area contributed by atoms with Crippen LogP contribution in [0.5, 0.6) is 11.5 Å². The quantitative estimate of drug-likeness (QED) is 0.181. The largest absolute Gasteiger partial charge is 2.00 e. The van der Waals surface area contributed by atoms with E-state index < -0.39 is 20.0 Å². The molecule has 0 aliphatic heterocycles. The first-order valence-electron chi connectivity index (χ1n) is 13.7. The summed E-state index contributed by atoms with van der Waals surface area (Å²) >= 11 is 0. The van der Waals surface area contributed by atoms with Gasteiger partial charge in [-0.3, -0.25) is 9.97 Å². The third-order valence-corrected chi connectivity index (χ3v) is 8.84. The molecule has 47 heavy (non-hydrogen) atoms. The number of anilines is 2. The Morgan fingerprint density at radius 1 is 0.553 bits per heavy atom. The van der Waals surface area contributed by atoms with Gasteiger partial charge in [-0.15, -0.1) is 0 Å². The fourth-order valence-electron chi connectivity index (χ4n) is 4.64. The minimum Gasteiger partial charge on any atom is -0.871 e. The van der Waals surface area contributed by atoms with Crippen molar-refractivity contribution in [1.29, 1.82) is 0 Å². The van der Waals surface area contributed by atoms with Crippen LogP contribution in [0.15, 0.2) is 119 Å². The molecule has 0 aliphatic rings. The molecule has 2 aromatic heterocycles. The summed E-state index contributed by atoms with van der Waals surface area (Å²) in [4.78, 5) is 8.36. The van der Waals surface area contributed by atoms with Crippen LogP contribution in [-0.2, 0) is 49.9 Å².